The molecule has 114 valence electrons. The van der Waals surface area contributed by atoms with Gasteiger partial charge in [-0.25, -0.2) is 0 Å². The maximum atomic E-state index is 9.61. The fraction of sp³-hybridized carbons (Fsp3) is 1.00. The molecule has 0 saturated heterocycles. The maximum absolute atomic E-state index is 9.61. The second kappa shape index (κ2) is 4.48. The molecule has 0 aromatic carbocycles. The Morgan fingerprint density at radius 2 is 1.85 bits per heavy atom. The number of hydrogen-bond acceptors (Lipinski definition) is 1. The molecule has 1 heteroatoms. The van der Waals surface area contributed by atoms with Crippen LogP contribution >= 0.6 is 0 Å². The van der Waals surface area contributed by atoms with E-state index in [4.69, 9.17) is 0 Å². The maximum Gasteiger partial charge on any atom is 0.0459 e. The lowest BCUT2D eigenvalue weighted by atomic mass is 9.48. The van der Waals surface area contributed by atoms with Gasteiger partial charge in [0.2, 0.25) is 0 Å². The largest absolute Gasteiger partial charge is 0.396 e. The van der Waals surface area contributed by atoms with Crippen molar-refractivity contribution in [3.63, 3.8) is 0 Å². The van der Waals surface area contributed by atoms with Crippen LogP contribution in [-0.2, 0) is 0 Å². The van der Waals surface area contributed by atoms with E-state index in [0.717, 1.165) is 23.7 Å². The van der Waals surface area contributed by atoms with Crippen LogP contribution in [0.25, 0.3) is 0 Å². The highest BCUT2D eigenvalue weighted by atomic mass is 16.3. The second-order valence-electron chi connectivity index (χ2n) is 9.23. The molecule has 1 nitrogen and oxygen atoms in total. The van der Waals surface area contributed by atoms with Crippen molar-refractivity contribution < 1.29 is 5.11 Å². The van der Waals surface area contributed by atoms with Crippen molar-refractivity contribution in [2.45, 2.75) is 71.6 Å². The zero-order valence-corrected chi connectivity index (χ0v) is 13.4. The first kappa shape index (κ1) is 13.6. The minimum absolute atomic E-state index is 0.435. The van der Waals surface area contributed by atoms with Crippen molar-refractivity contribution in [1.29, 1.82) is 0 Å². The van der Waals surface area contributed by atoms with E-state index in [2.05, 4.69) is 13.8 Å². The summed E-state index contributed by atoms with van der Waals surface area (Å²) in [5.41, 5.74) is 1.26. The molecule has 0 radical (unpaired) electrons. The lowest BCUT2D eigenvalue weighted by Gasteiger charge is -2.56. The van der Waals surface area contributed by atoms with Gasteiger partial charge in [0.15, 0.2) is 0 Å². The van der Waals surface area contributed by atoms with Gasteiger partial charge in [0.05, 0.1) is 0 Å². The van der Waals surface area contributed by atoms with Gasteiger partial charge in [0.1, 0.15) is 0 Å². The van der Waals surface area contributed by atoms with Crippen molar-refractivity contribution >= 4 is 0 Å². The van der Waals surface area contributed by atoms with Crippen LogP contribution in [0, 0.1) is 40.4 Å². The fourth-order valence-corrected chi connectivity index (χ4v) is 7.48. The molecule has 7 atom stereocenters. The SMILES string of the molecule is C[C@@]12CCC[C@H]1[C@@H]1CC[C@H]3C[C@H](CO)C[C@]3(C)[C@H]1CC2. The smallest absolute Gasteiger partial charge is 0.0459 e. The summed E-state index contributed by atoms with van der Waals surface area (Å²) in [6.07, 6.45) is 13.1. The van der Waals surface area contributed by atoms with E-state index in [1.165, 1.54) is 57.8 Å². The normalized spacial score (nSPS) is 58.0. The summed E-state index contributed by atoms with van der Waals surface area (Å²) in [5, 5.41) is 9.61. The van der Waals surface area contributed by atoms with Gasteiger partial charge in [0, 0.05) is 6.61 Å². The van der Waals surface area contributed by atoms with E-state index in [-0.39, 0.29) is 0 Å². The quantitative estimate of drug-likeness (QED) is 0.740. The van der Waals surface area contributed by atoms with Gasteiger partial charge in [-0.05, 0) is 91.8 Å². The van der Waals surface area contributed by atoms with E-state index in [0.29, 0.717) is 23.4 Å². The number of fused-ring (bicyclic) bond motifs is 5. The Morgan fingerprint density at radius 1 is 1.00 bits per heavy atom. The Morgan fingerprint density at radius 3 is 2.65 bits per heavy atom. The number of rotatable bonds is 1. The van der Waals surface area contributed by atoms with Crippen LogP contribution in [0.3, 0.4) is 0 Å². The van der Waals surface area contributed by atoms with Crippen LogP contribution in [0.4, 0.5) is 0 Å². The van der Waals surface area contributed by atoms with E-state index in [9.17, 15) is 5.11 Å². The first-order chi connectivity index (χ1) is 9.57. The molecular formula is C19H32O. The first-order valence-electron chi connectivity index (χ1n) is 9.18. The lowest BCUT2D eigenvalue weighted by molar-refractivity contribution is -0.0751. The van der Waals surface area contributed by atoms with Crippen LogP contribution in [0.5, 0.6) is 0 Å². The second-order valence-corrected chi connectivity index (χ2v) is 9.23. The molecule has 0 amide bonds. The Balaban J connectivity index is 1.62. The highest BCUT2D eigenvalue weighted by Crippen LogP contribution is 2.67. The molecule has 4 fully saturated rings. The number of hydrogen-bond donors (Lipinski definition) is 1. The minimum atomic E-state index is 0.435. The first-order valence-corrected chi connectivity index (χ1v) is 9.18. The minimum Gasteiger partial charge on any atom is -0.396 e. The molecule has 0 heterocycles. The molecule has 4 saturated carbocycles. The molecular weight excluding hydrogens is 244 g/mol. The van der Waals surface area contributed by atoms with Crippen molar-refractivity contribution in [3.8, 4) is 0 Å². The van der Waals surface area contributed by atoms with Crippen molar-refractivity contribution in [3.05, 3.63) is 0 Å². The summed E-state index contributed by atoms with van der Waals surface area (Å²) in [7, 11) is 0. The lowest BCUT2D eigenvalue weighted by Crippen LogP contribution is -2.49. The molecule has 0 spiro atoms. The summed E-state index contributed by atoms with van der Waals surface area (Å²) in [4.78, 5) is 0. The summed E-state index contributed by atoms with van der Waals surface area (Å²) in [6, 6.07) is 0. The van der Waals surface area contributed by atoms with E-state index in [1.54, 1.807) is 0 Å². The van der Waals surface area contributed by atoms with Crippen LogP contribution in [-0.4, -0.2) is 11.7 Å². The van der Waals surface area contributed by atoms with Crippen LogP contribution in [0.1, 0.15) is 71.6 Å². The summed E-state index contributed by atoms with van der Waals surface area (Å²) in [5.74, 6) is 4.57. The Hall–Kier alpha value is -0.0400. The predicted octanol–water partition coefficient (Wildman–Crippen LogP) is 4.64. The van der Waals surface area contributed by atoms with Crippen LogP contribution in [0.15, 0.2) is 0 Å². The monoisotopic (exact) mass is 276 g/mol. The average molecular weight is 276 g/mol. The Labute approximate surface area is 124 Å². The molecule has 0 aliphatic heterocycles. The molecule has 0 bridgehead atoms. The number of aliphatic hydroxyl groups is 1. The van der Waals surface area contributed by atoms with Crippen LogP contribution in [0.2, 0.25) is 0 Å². The standard InChI is InChI=1S/C19H32O/c1-18-8-3-4-16(18)15-6-5-14-10-13(12-20)11-19(14,2)17(15)7-9-18/h13-17,20H,3-12H2,1-2H3/t13-,14-,15-,16-,17-,18-,19-/m0/s1. The zero-order chi connectivity index (χ0) is 14.0. The fourth-order valence-electron chi connectivity index (χ4n) is 7.48. The van der Waals surface area contributed by atoms with Gasteiger partial charge in [-0.1, -0.05) is 20.3 Å². The van der Waals surface area contributed by atoms with E-state index < -0.39 is 0 Å². The Kier molecular flexibility index (Phi) is 3.05. The third-order valence-corrected chi connectivity index (χ3v) is 8.45. The molecule has 0 aromatic rings. The summed E-state index contributed by atoms with van der Waals surface area (Å²) in [6.45, 7) is 5.63. The van der Waals surface area contributed by atoms with E-state index in [1.807, 2.05) is 0 Å². The highest BCUT2D eigenvalue weighted by Gasteiger charge is 2.59. The Bertz CT molecular complexity index is 391. The van der Waals surface area contributed by atoms with Crippen LogP contribution < -0.4 is 0 Å². The van der Waals surface area contributed by atoms with Gasteiger partial charge >= 0.3 is 0 Å². The van der Waals surface area contributed by atoms with Crippen molar-refractivity contribution in [2.75, 3.05) is 6.61 Å². The van der Waals surface area contributed by atoms with Gasteiger partial charge in [-0.15, -0.1) is 0 Å². The molecule has 1 N–H and O–H groups in total. The van der Waals surface area contributed by atoms with Crippen molar-refractivity contribution in [2.24, 2.45) is 40.4 Å². The topological polar surface area (TPSA) is 20.2 Å². The molecule has 0 aromatic heterocycles. The van der Waals surface area contributed by atoms with Gasteiger partial charge in [0.25, 0.3) is 0 Å². The third kappa shape index (κ3) is 1.71. The van der Waals surface area contributed by atoms with Gasteiger partial charge in [-0.3, -0.25) is 0 Å². The summed E-state index contributed by atoms with van der Waals surface area (Å²) < 4.78 is 0. The third-order valence-electron chi connectivity index (χ3n) is 8.45. The summed E-state index contributed by atoms with van der Waals surface area (Å²) >= 11 is 0. The molecule has 4 aliphatic carbocycles. The van der Waals surface area contributed by atoms with E-state index >= 15 is 0 Å². The molecule has 0 unspecified atom stereocenters. The van der Waals surface area contributed by atoms with Crippen molar-refractivity contribution in [1.82, 2.24) is 0 Å². The average Bonchev–Trinajstić information content (AvgIpc) is 2.97. The molecule has 4 aliphatic rings. The molecule has 4 rings (SSSR count). The highest BCUT2D eigenvalue weighted by molar-refractivity contribution is 5.08. The van der Waals surface area contributed by atoms with Gasteiger partial charge in [-0.2, -0.15) is 0 Å². The predicted molar refractivity (Wildman–Crippen MR) is 82.3 cm³/mol. The zero-order valence-electron chi connectivity index (χ0n) is 13.4. The molecule has 20 heavy (non-hydrogen) atoms. The number of aliphatic hydroxyl groups excluding tert-OH is 1. The van der Waals surface area contributed by atoms with Gasteiger partial charge < -0.3 is 5.11 Å².